The molecule has 0 amide bonds. The largest absolute Gasteiger partial charge is 2.00 e. The van der Waals surface area contributed by atoms with Crippen molar-refractivity contribution < 1.29 is 28.7 Å². The number of esters is 2. The molecule has 2 aliphatic heterocycles. The molecule has 10 nitrogen and oxygen atoms in total. The Morgan fingerprint density at radius 1 is 0.803 bits per heavy atom. The van der Waals surface area contributed by atoms with Crippen molar-refractivity contribution in [2.45, 2.75) is 146 Å². The number of allylic oxidation sites excluding steroid dienone is 2. The van der Waals surface area contributed by atoms with Gasteiger partial charge in [-0.25, -0.2) is 0 Å². The van der Waals surface area contributed by atoms with Crippen LogP contribution in [0.15, 0.2) is 18.0 Å². The van der Waals surface area contributed by atoms with Gasteiger partial charge in [-0.05, 0) is 74.2 Å². The molecule has 8 bridgehead atoms. The maximum atomic E-state index is 14.4. The van der Waals surface area contributed by atoms with E-state index in [1.165, 1.54) is 58.5 Å². The van der Waals surface area contributed by atoms with Gasteiger partial charge in [0.25, 0.3) is 0 Å². The zero-order valence-corrected chi connectivity index (χ0v) is 42.9. The summed E-state index contributed by atoms with van der Waals surface area (Å²) in [6.45, 7) is 23.9. The minimum absolute atomic E-state index is 0. The van der Waals surface area contributed by atoms with Gasteiger partial charge in [0.2, 0.25) is 0 Å². The molecule has 3 aromatic heterocycles. The second kappa shape index (κ2) is 23.6. The molecule has 0 aromatic carbocycles. The van der Waals surface area contributed by atoms with Crippen LogP contribution in [0.5, 0.6) is 0 Å². The molecule has 1 aliphatic carbocycles. The van der Waals surface area contributed by atoms with Crippen LogP contribution >= 0.6 is 0 Å². The van der Waals surface area contributed by atoms with Gasteiger partial charge in [0.15, 0.2) is 5.78 Å². The first kappa shape index (κ1) is 52.6. The summed E-state index contributed by atoms with van der Waals surface area (Å²) in [5.41, 5.74) is 7.73. The van der Waals surface area contributed by atoms with Gasteiger partial charge in [0.05, 0.1) is 13.7 Å². The Bertz CT molecular complexity index is 2440. The number of Topliss-reactive ketones (excluding diaryl/α,β-unsaturated/α-hetero) is 1. The molecule has 3 aromatic rings. The first-order valence-corrected chi connectivity index (χ1v) is 24.4. The van der Waals surface area contributed by atoms with E-state index in [1.54, 1.807) is 6.08 Å². The minimum atomic E-state index is -1.26. The Kier molecular flexibility index (Phi) is 18.8. The summed E-state index contributed by atoms with van der Waals surface area (Å²) in [5, 5.41) is 6.27. The molecule has 5 heterocycles. The zero-order valence-electron chi connectivity index (χ0n) is 41.5. The quantitative estimate of drug-likeness (QED) is 0.0417. The van der Waals surface area contributed by atoms with Crippen LogP contribution in [0.3, 0.4) is 0 Å². The predicted molar refractivity (Wildman–Crippen MR) is 265 cm³/mol. The summed E-state index contributed by atoms with van der Waals surface area (Å²) in [6.07, 6.45) is 21.5. The fourth-order valence-electron chi connectivity index (χ4n) is 10.3. The van der Waals surface area contributed by atoms with Crippen molar-refractivity contribution in [2.75, 3.05) is 13.7 Å². The molecule has 0 saturated carbocycles. The van der Waals surface area contributed by atoms with Gasteiger partial charge in [0.1, 0.15) is 12.2 Å². The van der Waals surface area contributed by atoms with Crippen molar-refractivity contribution in [3.05, 3.63) is 90.1 Å². The van der Waals surface area contributed by atoms with Crippen LogP contribution in [-0.4, -0.2) is 60.8 Å². The second-order valence-corrected chi connectivity index (χ2v) is 19.8. The smallest absolute Gasteiger partial charge is 0.664 e. The normalized spacial score (nSPS) is 21.7. The van der Waals surface area contributed by atoms with Crippen molar-refractivity contribution in [1.82, 2.24) is 15.0 Å². The summed E-state index contributed by atoms with van der Waals surface area (Å²) < 4.78 is 11.1. The Morgan fingerprint density at radius 2 is 1.41 bits per heavy atom. The van der Waals surface area contributed by atoms with E-state index in [2.05, 4.69) is 48.1 Å². The van der Waals surface area contributed by atoms with Gasteiger partial charge in [-0.15, -0.1) is 33.5 Å². The minimum Gasteiger partial charge on any atom is -0.664 e. The Balaban J connectivity index is 0.00000817. The topological polar surface area (TPSA) is 143 Å². The van der Waals surface area contributed by atoms with Crippen molar-refractivity contribution in [1.29, 1.82) is 0 Å². The molecule has 1 fully saturated rings. The Labute approximate surface area is 409 Å². The van der Waals surface area contributed by atoms with Crippen LogP contribution in [0.25, 0.3) is 35.2 Å². The van der Waals surface area contributed by atoms with Gasteiger partial charge in [0, 0.05) is 17.5 Å². The van der Waals surface area contributed by atoms with E-state index >= 15 is 0 Å². The van der Waals surface area contributed by atoms with E-state index in [0.29, 0.717) is 92.5 Å². The monoisotopic (exact) mass is 909 g/mol. The number of aromatic nitrogens is 3. The van der Waals surface area contributed by atoms with E-state index in [0.717, 1.165) is 53.6 Å². The first-order valence-electron chi connectivity index (χ1n) is 24.4. The Morgan fingerprint density at radius 3 is 2.00 bits per heavy atom. The summed E-state index contributed by atoms with van der Waals surface area (Å²) in [6, 6.07) is 0. The number of carbonyl (C=O) groups excluding carboxylic acids is 4. The van der Waals surface area contributed by atoms with Gasteiger partial charge >= 0.3 is 35.0 Å². The zero-order chi connectivity index (χ0) is 47.1. The number of fused-ring (bicyclic) bond motifs is 7. The van der Waals surface area contributed by atoms with Crippen LogP contribution in [0.2, 0.25) is 0 Å². The third-order valence-electron chi connectivity index (χ3n) is 14.4. The van der Waals surface area contributed by atoms with E-state index in [1.807, 2.05) is 39.0 Å². The van der Waals surface area contributed by atoms with E-state index in [4.69, 9.17) is 29.7 Å². The third-order valence-corrected chi connectivity index (χ3v) is 14.4. The number of hydrogen-bond donors (Lipinski definition) is 0. The molecule has 3 aliphatic rings. The number of ketones is 1. The number of aldehydes is 1. The first-order chi connectivity index (χ1) is 31.1. The van der Waals surface area contributed by atoms with E-state index < -0.39 is 17.7 Å². The molecule has 6 atom stereocenters. The molecule has 0 N–H and O–H groups in total. The summed E-state index contributed by atoms with van der Waals surface area (Å²) in [5.74, 6) is -0.395. The second-order valence-electron chi connectivity index (χ2n) is 19.8. The van der Waals surface area contributed by atoms with Gasteiger partial charge in [-0.1, -0.05) is 159 Å². The van der Waals surface area contributed by atoms with E-state index in [9.17, 15) is 19.2 Å². The molecule has 0 spiro atoms. The molecule has 0 radical (unpaired) electrons. The van der Waals surface area contributed by atoms with Crippen molar-refractivity contribution in [3.8, 4) is 0 Å². The number of carbonyl (C=O) groups is 4. The van der Waals surface area contributed by atoms with Crippen LogP contribution in [-0.2, 0) is 25.5 Å². The van der Waals surface area contributed by atoms with Crippen LogP contribution in [0, 0.1) is 55.3 Å². The van der Waals surface area contributed by atoms with Crippen LogP contribution in [0.1, 0.15) is 191 Å². The standard InChI is InChI=1S/C55H73N4O6.Mg/c1-12-38-35(8)42-27-43-36(9)40(23-24-48(61)65-26-25-34(7)22-16-21-33(6)20-15-19-32(5)18-14-17-31(3)4)52(58-43)50-51(55(63)64-11)54(62)49-37(10)44(59-53(49)50)28-46-39(13-2)41(30-60)47(57-46)29-45(38)56-42;/h12,27-34,36,40,51H,1,13-26H2,2-11H3,(H-,58,59,60,62);/q-3;+2/p-1/b43-27-,47-29-;/t32-,33-,34?,36-,40-,51+;/m0./s1. The summed E-state index contributed by atoms with van der Waals surface area (Å²) in [4.78, 5) is 68.9. The van der Waals surface area contributed by atoms with Crippen molar-refractivity contribution >= 4 is 76.9 Å². The number of ether oxygens (including phenoxy) is 2. The molecule has 11 heteroatoms. The number of methoxy groups -OCH3 is 1. The average Bonchev–Trinajstić information content (AvgIpc) is 4.02. The molecule has 352 valence electrons. The van der Waals surface area contributed by atoms with E-state index in [-0.39, 0.29) is 47.3 Å². The predicted octanol–water partition coefficient (Wildman–Crippen LogP) is 9.95. The molecule has 6 rings (SSSR count). The van der Waals surface area contributed by atoms with Crippen LogP contribution in [0.4, 0.5) is 0 Å². The number of hydrogen-bond acceptors (Lipinski definition) is 6. The van der Waals surface area contributed by atoms with Crippen LogP contribution < -0.4 is 25.7 Å². The molecular formula is C55H72MgN4O6-2. The number of nitrogens with zero attached hydrogens (tertiary/aromatic N) is 4. The summed E-state index contributed by atoms with van der Waals surface area (Å²) in [7, 11) is 1.28. The fraction of sp³-hybridized carbons (Fsp3) is 0.564. The van der Waals surface area contributed by atoms with Crippen molar-refractivity contribution in [2.24, 2.45) is 41.4 Å². The molecule has 1 unspecified atom stereocenters. The number of rotatable bonds is 22. The average molecular weight is 910 g/mol. The van der Waals surface area contributed by atoms with Crippen molar-refractivity contribution in [3.63, 3.8) is 0 Å². The molecule has 66 heavy (non-hydrogen) atoms. The Hall–Kier alpha value is -4.35. The summed E-state index contributed by atoms with van der Waals surface area (Å²) >= 11 is 0. The van der Waals surface area contributed by atoms with Gasteiger partial charge in [-0.2, -0.15) is 11.4 Å². The maximum absolute atomic E-state index is 14.4. The third kappa shape index (κ3) is 11.7. The van der Waals surface area contributed by atoms with Gasteiger partial charge < -0.3 is 29.7 Å². The molecular weight excluding hydrogens is 837 g/mol. The fourth-order valence-corrected chi connectivity index (χ4v) is 10.3. The van der Waals surface area contributed by atoms with Gasteiger partial charge in [-0.3, -0.25) is 19.2 Å². The molecule has 1 saturated heterocycles. The SMILES string of the molecule is C=Cc1c2[n-]c(c1C)/C=C1\[N-]/C(=C3\c4[n-]c(c(C)c4C(=O)[C@@H]3C(=O)OC)/C=c3\[n-]/c(c(C=O)c3CC)=C\2)[C@@H](CCC(=O)OCCC(C)CCC[C@@H](C)CCC[C@@H](C)CCCC(C)C)[C@@H]1C.[Mg+2]. The maximum Gasteiger partial charge on any atom is 2.00 e.